The van der Waals surface area contributed by atoms with E-state index in [0.29, 0.717) is 30.1 Å². The van der Waals surface area contributed by atoms with Crippen molar-refractivity contribution in [1.29, 1.82) is 0 Å². The Balaban J connectivity index is 1.48. The van der Waals surface area contributed by atoms with E-state index in [2.05, 4.69) is 15.5 Å². The number of carbonyl (C=O) groups excluding carboxylic acids is 2. The minimum Gasteiger partial charge on any atom is -0.379 e. The van der Waals surface area contributed by atoms with Gasteiger partial charge in [-0.25, -0.2) is 0 Å². The van der Waals surface area contributed by atoms with E-state index in [-0.39, 0.29) is 11.8 Å². The van der Waals surface area contributed by atoms with Gasteiger partial charge in [0, 0.05) is 36.9 Å². The second-order valence-electron chi connectivity index (χ2n) is 6.25. The van der Waals surface area contributed by atoms with E-state index in [1.807, 2.05) is 0 Å². The molecule has 7 heteroatoms. The summed E-state index contributed by atoms with van der Waals surface area (Å²) < 4.78 is 5.30. The molecule has 3 rings (SSSR count). The molecule has 130 valence electrons. The summed E-state index contributed by atoms with van der Waals surface area (Å²) in [6, 6.07) is 6.87. The number of nitrogens with one attached hydrogen (secondary N) is 2. The highest BCUT2D eigenvalue weighted by Gasteiger charge is 2.56. The molecular formula is C17H22ClN3O3. The van der Waals surface area contributed by atoms with Gasteiger partial charge in [0.2, 0.25) is 11.8 Å². The lowest BCUT2D eigenvalue weighted by molar-refractivity contribution is -0.134. The summed E-state index contributed by atoms with van der Waals surface area (Å²) in [7, 11) is 0. The Hall–Kier alpha value is -1.63. The maximum absolute atomic E-state index is 12.5. The van der Waals surface area contributed by atoms with Crippen LogP contribution in [0, 0.1) is 5.41 Å². The summed E-state index contributed by atoms with van der Waals surface area (Å²) in [5.41, 5.74) is -0.262. The highest BCUT2D eigenvalue weighted by Crippen LogP contribution is 2.46. The molecule has 1 aromatic carbocycles. The zero-order valence-corrected chi connectivity index (χ0v) is 14.3. The molecule has 1 aromatic rings. The number of amides is 2. The summed E-state index contributed by atoms with van der Waals surface area (Å²) in [5.74, 6) is -0.420. The molecule has 0 unspecified atom stereocenters. The van der Waals surface area contributed by atoms with Crippen molar-refractivity contribution in [3.8, 4) is 0 Å². The number of halogens is 1. The first-order chi connectivity index (χ1) is 11.6. The zero-order chi connectivity index (χ0) is 17.0. The van der Waals surface area contributed by atoms with Crippen LogP contribution in [0.4, 0.5) is 5.69 Å². The van der Waals surface area contributed by atoms with Crippen molar-refractivity contribution >= 4 is 29.1 Å². The van der Waals surface area contributed by atoms with Crippen LogP contribution in [-0.4, -0.2) is 56.1 Å². The van der Waals surface area contributed by atoms with Crippen molar-refractivity contribution in [1.82, 2.24) is 10.2 Å². The third kappa shape index (κ3) is 4.06. The molecule has 0 spiro atoms. The van der Waals surface area contributed by atoms with Crippen molar-refractivity contribution in [3.05, 3.63) is 29.3 Å². The van der Waals surface area contributed by atoms with E-state index in [4.69, 9.17) is 16.3 Å². The summed E-state index contributed by atoms with van der Waals surface area (Å²) in [4.78, 5) is 27.1. The molecule has 0 atom stereocenters. The van der Waals surface area contributed by atoms with Gasteiger partial charge in [0.1, 0.15) is 5.41 Å². The van der Waals surface area contributed by atoms with Gasteiger partial charge in [-0.05, 0) is 37.1 Å². The van der Waals surface area contributed by atoms with Crippen LogP contribution in [0.5, 0.6) is 0 Å². The number of benzene rings is 1. The second-order valence-corrected chi connectivity index (χ2v) is 6.69. The normalized spacial score (nSPS) is 19.5. The van der Waals surface area contributed by atoms with E-state index in [1.54, 1.807) is 24.3 Å². The second kappa shape index (κ2) is 7.51. The third-order valence-electron chi connectivity index (χ3n) is 4.54. The Morgan fingerprint density at radius 1 is 1.12 bits per heavy atom. The van der Waals surface area contributed by atoms with Gasteiger partial charge in [-0.2, -0.15) is 0 Å². The van der Waals surface area contributed by atoms with Gasteiger partial charge >= 0.3 is 0 Å². The lowest BCUT2D eigenvalue weighted by Gasteiger charge is -2.26. The van der Waals surface area contributed by atoms with Gasteiger partial charge in [-0.3, -0.25) is 14.5 Å². The van der Waals surface area contributed by atoms with Crippen LogP contribution < -0.4 is 10.6 Å². The topological polar surface area (TPSA) is 70.7 Å². The SMILES string of the molecule is O=C(NCCN1CCOCC1)C1(C(=O)Nc2ccc(Cl)cc2)CC1. The monoisotopic (exact) mass is 351 g/mol. The Labute approximate surface area is 146 Å². The van der Waals surface area contributed by atoms with E-state index >= 15 is 0 Å². The van der Waals surface area contributed by atoms with Gasteiger partial charge in [-0.15, -0.1) is 0 Å². The average Bonchev–Trinajstić information content (AvgIpc) is 3.40. The van der Waals surface area contributed by atoms with E-state index in [1.165, 1.54) is 0 Å². The molecule has 6 nitrogen and oxygen atoms in total. The molecule has 1 aliphatic heterocycles. The quantitative estimate of drug-likeness (QED) is 0.762. The molecule has 1 aliphatic carbocycles. The number of hydrogen-bond acceptors (Lipinski definition) is 4. The fourth-order valence-electron chi connectivity index (χ4n) is 2.79. The lowest BCUT2D eigenvalue weighted by Crippen LogP contribution is -2.45. The third-order valence-corrected chi connectivity index (χ3v) is 4.79. The molecule has 0 bridgehead atoms. The minimum absolute atomic E-state index is 0.178. The van der Waals surface area contributed by atoms with Crippen LogP contribution in [0.1, 0.15) is 12.8 Å². The molecule has 2 N–H and O–H groups in total. The number of carbonyl (C=O) groups is 2. The van der Waals surface area contributed by atoms with Gasteiger partial charge < -0.3 is 15.4 Å². The average molecular weight is 352 g/mol. The molecule has 24 heavy (non-hydrogen) atoms. The Bertz CT molecular complexity index is 596. The fraction of sp³-hybridized carbons (Fsp3) is 0.529. The summed E-state index contributed by atoms with van der Waals surface area (Å²) in [5, 5.41) is 6.32. The number of ether oxygens (including phenoxy) is 1. The maximum atomic E-state index is 12.5. The summed E-state index contributed by atoms with van der Waals surface area (Å²) in [6.07, 6.45) is 1.19. The van der Waals surface area contributed by atoms with Gasteiger partial charge in [0.15, 0.2) is 0 Å². The molecule has 2 aliphatic rings. The number of hydrogen-bond donors (Lipinski definition) is 2. The van der Waals surface area contributed by atoms with E-state index < -0.39 is 5.41 Å². The van der Waals surface area contributed by atoms with Gasteiger partial charge in [-0.1, -0.05) is 11.6 Å². The molecule has 1 saturated carbocycles. The van der Waals surface area contributed by atoms with Crippen LogP contribution >= 0.6 is 11.6 Å². The largest absolute Gasteiger partial charge is 0.379 e. The molecule has 0 radical (unpaired) electrons. The van der Waals surface area contributed by atoms with E-state index in [0.717, 1.165) is 32.8 Å². The smallest absolute Gasteiger partial charge is 0.240 e. The number of nitrogens with zero attached hydrogens (tertiary/aromatic N) is 1. The predicted molar refractivity (Wildman–Crippen MR) is 92.0 cm³/mol. The first kappa shape index (κ1) is 17.2. The molecular weight excluding hydrogens is 330 g/mol. The maximum Gasteiger partial charge on any atom is 0.240 e. The van der Waals surface area contributed by atoms with E-state index in [9.17, 15) is 9.59 Å². The zero-order valence-electron chi connectivity index (χ0n) is 13.5. The van der Waals surface area contributed by atoms with Crippen LogP contribution in [0.3, 0.4) is 0 Å². The van der Waals surface area contributed by atoms with Crippen LogP contribution in [0.25, 0.3) is 0 Å². The summed E-state index contributed by atoms with van der Waals surface area (Å²) >= 11 is 5.83. The van der Waals surface area contributed by atoms with Gasteiger partial charge in [0.05, 0.1) is 13.2 Å². The molecule has 1 heterocycles. The van der Waals surface area contributed by atoms with Crippen LogP contribution in [-0.2, 0) is 14.3 Å². The van der Waals surface area contributed by atoms with Crippen LogP contribution in [0.2, 0.25) is 5.02 Å². The molecule has 0 aromatic heterocycles. The predicted octanol–water partition coefficient (Wildman–Crippen LogP) is 1.51. The van der Waals surface area contributed by atoms with Crippen molar-refractivity contribution < 1.29 is 14.3 Å². The summed E-state index contributed by atoms with van der Waals surface area (Å²) in [6.45, 7) is 4.58. The number of rotatable bonds is 6. The molecule has 2 fully saturated rings. The highest BCUT2D eigenvalue weighted by molar-refractivity contribution is 6.30. The van der Waals surface area contributed by atoms with Crippen molar-refractivity contribution in [2.45, 2.75) is 12.8 Å². The van der Waals surface area contributed by atoms with Gasteiger partial charge in [0.25, 0.3) is 0 Å². The Kier molecular flexibility index (Phi) is 5.38. The highest BCUT2D eigenvalue weighted by atomic mass is 35.5. The first-order valence-corrected chi connectivity index (χ1v) is 8.63. The molecule has 2 amide bonds. The van der Waals surface area contributed by atoms with Crippen molar-refractivity contribution in [2.24, 2.45) is 5.41 Å². The number of morpholine rings is 1. The lowest BCUT2D eigenvalue weighted by atomic mass is 10.1. The Morgan fingerprint density at radius 3 is 2.42 bits per heavy atom. The Morgan fingerprint density at radius 2 is 1.79 bits per heavy atom. The molecule has 1 saturated heterocycles. The number of anilines is 1. The van der Waals surface area contributed by atoms with Crippen LogP contribution in [0.15, 0.2) is 24.3 Å². The standard InChI is InChI=1S/C17H22ClN3O3/c18-13-1-3-14(4-2-13)20-16(23)17(5-6-17)15(22)19-7-8-21-9-11-24-12-10-21/h1-4H,5-12H2,(H,19,22)(H,20,23). The minimum atomic E-state index is -0.912. The fourth-order valence-corrected chi connectivity index (χ4v) is 2.91. The first-order valence-electron chi connectivity index (χ1n) is 8.26. The van der Waals surface area contributed by atoms with Crippen molar-refractivity contribution in [3.63, 3.8) is 0 Å². The van der Waals surface area contributed by atoms with Crippen molar-refractivity contribution in [2.75, 3.05) is 44.7 Å².